The van der Waals surface area contributed by atoms with Crippen molar-refractivity contribution in [2.75, 3.05) is 7.05 Å². The highest BCUT2D eigenvalue weighted by Crippen LogP contribution is 2.36. The fourth-order valence-electron chi connectivity index (χ4n) is 1.91. The van der Waals surface area contributed by atoms with Gasteiger partial charge in [0.2, 0.25) is 0 Å². The van der Waals surface area contributed by atoms with Crippen LogP contribution in [0, 0.1) is 6.92 Å². The van der Waals surface area contributed by atoms with Gasteiger partial charge in [-0.05, 0) is 25.1 Å². The van der Waals surface area contributed by atoms with Gasteiger partial charge in [0.25, 0.3) is 0 Å². The molecule has 0 fully saturated rings. The van der Waals surface area contributed by atoms with Crippen molar-refractivity contribution >= 4 is 11.3 Å². The van der Waals surface area contributed by atoms with Gasteiger partial charge < -0.3 is 5.32 Å². The predicted octanol–water partition coefficient (Wildman–Crippen LogP) is 3.78. The maximum Gasteiger partial charge on any atom is 0.443 e. The van der Waals surface area contributed by atoms with E-state index in [-0.39, 0.29) is 6.04 Å². The molecular formula is C13H13F3N2S. The van der Waals surface area contributed by atoms with E-state index in [4.69, 9.17) is 0 Å². The molecule has 0 saturated heterocycles. The summed E-state index contributed by atoms with van der Waals surface area (Å²) in [5, 5.41) is 2.23. The summed E-state index contributed by atoms with van der Waals surface area (Å²) >= 11 is 0.677. The van der Waals surface area contributed by atoms with Crippen LogP contribution in [0.4, 0.5) is 13.2 Å². The molecule has 0 aliphatic rings. The third-order valence-corrected chi connectivity index (χ3v) is 3.95. The number of thiazole rings is 1. The van der Waals surface area contributed by atoms with Crippen LogP contribution in [0.15, 0.2) is 30.5 Å². The largest absolute Gasteiger partial charge is 0.443 e. The summed E-state index contributed by atoms with van der Waals surface area (Å²) in [7, 11) is 1.73. The first-order valence-corrected chi connectivity index (χ1v) is 6.51. The molecule has 6 heteroatoms. The molecule has 0 aliphatic carbocycles. The highest BCUT2D eigenvalue weighted by atomic mass is 32.1. The van der Waals surface area contributed by atoms with Crippen LogP contribution in [0.25, 0.3) is 0 Å². The van der Waals surface area contributed by atoms with Crippen molar-refractivity contribution in [3.63, 3.8) is 0 Å². The number of alkyl halides is 3. The van der Waals surface area contributed by atoms with E-state index in [1.165, 1.54) is 6.20 Å². The lowest BCUT2D eigenvalue weighted by atomic mass is 10.0. The van der Waals surface area contributed by atoms with Crippen molar-refractivity contribution in [2.45, 2.75) is 19.1 Å². The standard InChI is InChI=1S/C13H13F3N2S/c1-8-5-3-4-6-9(8)11(17-2)10-7-18-12(19-10)13(14,15)16/h3-7,11,17H,1-2H3. The third kappa shape index (κ3) is 2.96. The quantitative estimate of drug-likeness (QED) is 0.929. The van der Waals surface area contributed by atoms with Gasteiger partial charge in [0.15, 0.2) is 5.01 Å². The molecule has 1 atom stereocenters. The van der Waals surface area contributed by atoms with Crippen LogP contribution < -0.4 is 5.32 Å². The smallest absolute Gasteiger partial charge is 0.309 e. The van der Waals surface area contributed by atoms with Crippen LogP contribution in [0.2, 0.25) is 0 Å². The van der Waals surface area contributed by atoms with Crippen LogP contribution in [-0.2, 0) is 6.18 Å². The second-order valence-electron chi connectivity index (χ2n) is 4.14. The number of hydrogen-bond acceptors (Lipinski definition) is 3. The Morgan fingerprint density at radius 3 is 2.47 bits per heavy atom. The van der Waals surface area contributed by atoms with Crippen molar-refractivity contribution in [2.24, 2.45) is 0 Å². The minimum absolute atomic E-state index is 0.269. The minimum atomic E-state index is -4.38. The van der Waals surface area contributed by atoms with Gasteiger partial charge in [-0.25, -0.2) is 4.98 Å². The summed E-state index contributed by atoms with van der Waals surface area (Å²) in [6.07, 6.45) is -3.09. The van der Waals surface area contributed by atoms with Crippen LogP contribution >= 0.6 is 11.3 Å². The highest BCUT2D eigenvalue weighted by Gasteiger charge is 2.35. The number of rotatable bonds is 3. The van der Waals surface area contributed by atoms with E-state index in [1.807, 2.05) is 31.2 Å². The van der Waals surface area contributed by atoms with E-state index in [1.54, 1.807) is 7.05 Å². The molecule has 2 aromatic rings. The topological polar surface area (TPSA) is 24.9 Å². The lowest BCUT2D eigenvalue weighted by Gasteiger charge is -2.16. The zero-order chi connectivity index (χ0) is 14.0. The van der Waals surface area contributed by atoms with Crippen molar-refractivity contribution < 1.29 is 13.2 Å². The van der Waals surface area contributed by atoms with Gasteiger partial charge in [0, 0.05) is 11.1 Å². The van der Waals surface area contributed by atoms with Gasteiger partial charge in [-0.2, -0.15) is 13.2 Å². The first-order chi connectivity index (χ1) is 8.93. The van der Waals surface area contributed by atoms with Crippen molar-refractivity contribution in [1.82, 2.24) is 10.3 Å². The fourth-order valence-corrected chi connectivity index (χ4v) is 2.83. The van der Waals surface area contributed by atoms with E-state index in [0.717, 1.165) is 11.1 Å². The summed E-state index contributed by atoms with van der Waals surface area (Å²) in [5.41, 5.74) is 1.99. The van der Waals surface area contributed by atoms with Crippen LogP contribution in [0.3, 0.4) is 0 Å². The Hall–Kier alpha value is -1.40. The molecule has 102 valence electrons. The molecule has 1 aromatic carbocycles. The zero-order valence-electron chi connectivity index (χ0n) is 10.5. The van der Waals surface area contributed by atoms with Gasteiger partial charge in [0.05, 0.1) is 6.04 Å². The lowest BCUT2D eigenvalue weighted by Crippen LogP contribution is -2.17. The molecule has 0 amide bonds. The van der Waals surface area contributed by atoms with E-state index < -0.39 is 11.2 Å². The van der Waals surface area contributed by atoms with E-state index in [0.29, 0.717) is 16.2 Å². The number of aryl methyl sites for hydroxylation is 1. The monoisotopic (exact) mass is 286 g/mol. The molecule has 0 radical (unpaired) electrons. The maximum absolute atomic E-state index is 12.6. The van der Waals surface area contributed by atoms with E-state index >= 15 is 0 Å². The van der Waals surface area contributed by atoms with Gasteiger partial charge in [-0.1, -0.05) is 24.3 Å². The molecule has 0 spiro atoms. The van der Waals surface area contributed by atoms with Crippen molar-refractivity contribution in [3.05, 3.63) is 51.5 Å². The lowest BCUT2D eigenvalue weighted by molar-refractivity contribution is -0.137. The predicted molar refractivity (Wildman–Crippen MR) is 69.2 cm³/mol. The van der Waals surface area contributed by atoms with Gasteiger partial charge in [0.1, 0.15) is 0 Å². The number of benzene rings is 1. The molecule has 1 heterocycles. The van der Waals surface area contributed by atoms with Gasteiger partial charge in [-0.3, -0.25) is 0 Å². The fraction of sp³-hybridized carbons (Fsp3) is 0.308. The Balaban J connectivity index is 2.38. The molecule has 1 aromatic heterocycles. The Kier molecular flexibility index (Phi) is 3.91. The van der Waals surface area contributed by atoms with Crippen molar-refractivity contribution in [3.8, 4) is 0 Å². The first-order valence-electron chi connectivity index (χ1n) is 5.69. The number of hydrogen-bond donors (Lipinski definition) is 1. The maximum atomic E-state index is 12.6. The van der Waals surface area contributed by atoms with Crippen molar-refractivity contribution in [1.29, 1.82) is 0 Å². The molecular weight excluding hydrogens is 273 g/mol. The zero-order valence-corrected chi connectivity index (χ0v) is 11.3. The Morgan fingerprint density at radius 2 is 1.95 bits per heavy atom. The number of nitrogens with zero attached hydrogens (tertiary/aromatic N) is 1. The van der Waals surface area contributed by atoms with E-state index in [9.17, 15) is 13.2 Å². The Morgan fingerprint density at radius 1 is 1.26 bits per heavy atom. The molecule has 0 saturated carbocycles. The van der Waals surface area contributed by atoms with Crippen LogP contribution in [0.1, 0.15) is 27.1 Å². The van der Waals surface area contributed by atoms with E-state index in [2.05, 4.69) is 10.3 Å². The molecule has 19 heavy (non-hydrogen) atoms. The summed E-state index contributed by atoms with van der Waals surface area (Å²) in [6.45, 7) is 1.94. The summed E-state index contributed by atoms with van der Waals surface area (Å²) in [5.74, 6) is 0. The summed E-state index contributed by atoms with van der Waals surface area (Å²) in [6, 6.07) is 7.35. The highest BCUT2D eigenvalue weighted by molar-refractivity contribution is 7.11. The molecule has 1 N–H and O–H groups in total. The van der Waals surface area contributed by atoms with Crippen LogP contribution in [0.5, 0.6) is 0 Å². The Bertz CT molecular complexity index is 563. The number of halogens is 3. The van der Waals surface area contributed by atoms with Gasteiger partial charge >= 0.3 is 6.18 Å². The summed E-state index contributed by atoms with van der Waals surface area (Å²) < 4.78 is 37.7. The van der Waals surface area contributed by atoms with Crippen LogP contribution in [-0.4, -0.2) is 12.0 Å². The second kappa shape index (κ2) is 5.30. The Labute approximate surface area is 113 Å². The normalized spacial score (nSPS) is 13.5. The molecule has 2 nitrogen and oxygen atoms in total. The SMILES string of the molecule is CNC(c1cnc(C(F)(F)F)s1)c1ccccc1C. The first kappa shape index (κ1) is 14.0. The number of aromatic nitrogens is 1. The molecule has 2 rings (SSSR count). The average Bonchev–Trinajstić information content (AvgIpc) is 2.82. The number of nitrogens with one attached hydrogen (secondary N) is 1. The second-order valence-corrected chi connectivity index (χ2v) is 5.21. The third-order valence-electron chi connectivity index (χ3n) is 2.84. The molecule has 0 aliphatic heterocycles. The summed E-state index contributed by atoms with van der Waals surface area (Å²) in [4.78, 5) is 4.02. The molecule has 0 bridgehead atoms. The minimum Gasteiger partial charge on any atom is -0.309 e. The average molecular weight is 286 g/mol. The molecule has 1 unspecified atom stereocenters. The van der Waals surface area contributed by atoms with Gasteiger partial charge in [-0.15, -0.1) is 11.3 Å².